The van der Waals surface area contributed by atoms with Crippen LogP contribution in [0, 0.1) is 5.82 Å². The third-order valence-electron chi connectivity index (χ3n) is 4.79. The second-order valence-corrected chi connectivity index (χ2v) is 7.71. The number of carbonyl (C=O) groups is 1. The summed E-state index contributed by atoms with van der Waals surface area (Å²) in [5, 5.41) is 1.22. The maximum Gasteiger partial charge on any atom is 0.277 e. The molecule has 3 rings (SSSR count). The second kappa shape index (κ2) is 8.91. The molecule has 0 aliphatic carbocycles. The molecule has 1 saturated heterocycles. The fraction of sp³-hybridized carbons (Fsp3) is 0.350. The zero-order valence-corrected chi connectivity index (χ0v) is 16.7. The van der Waals surface area contributed by atoms with Gasteiger partial charge in [0.1, 0.15) is 12.4 Å². The summed E-state index contributed by atoms with van der Waals surface area (Å²) in [7, 11) is 1.97. The number of nitrogens with zero attached hydrogens (tertiary/aromatic N) is 2. The highest BCUT2D eigenvalue weighted by Crippen LogP contribution is 2.21. The van der Waals surface area contributed by atoms with E-state index in [0.717, 1.165) is 10.5 Å². The average molecular weight is 411 g/mol. The van der Waals surface area contributed by atoms with E-state index in [-0.39, 0.29) is 11.7 Å². The van der Waals surface area contributed by atoms with Gasteiger partial charge < -0.3 is 14.7 Å². The predicted octanol–water partition coefficient (Wildman–Crippen LogP) is 2.50. The molecule has 1 aliphatic rings. The van der Waals surface area contributed by atoms with Crippen molar-refractivity contribution in [3.63, 3.8) is 0 Å². The lowest BCUT2D eigenvalue weighted by Crippen LogP contribution is -3.09. The van der Waals surface area contributed by atoms with E-state index in [1.165, 1.54) is 6.07 Å². The van der Waals surface area contributed by atoms with E-state index in [1.54, 1.807) is 24.3 Å². The summed E-state index contributed by atoms with van der Waals surface area (Å²) >= 11 is 12.1. The Bertz CT molecular complexity index is 810. The number of nitrogens with one attached hydrogen (secondary N) is 1. The quantitative estimate of drug-likeness (QED) is 0.819. The summed E-state index contributed by atoms with van der Waals surface area (Å²) in [5.74, 6) is -0.118. The SMILES string of the molecule is C[NH+](CC(=O)N1CCN(c2ccccc2F)CC1)Cc1ccc(Cl)cc1Cl. The molecule has 7 heteroatoms. The zero-order chi connectivity index (χ0) is 19.4. The molecule has 0 saturated carbocycles. The summed E-state index contributed by atoms with van der Waals surface area (Å²) in [5.41, 5.74) is 1.57. The van der Waals surface area contributed by atoms with Crippen molar-refractivity contribution in [1.82, 2.24) is 4.90 Å². The van der Waals surface area contributed by atoms with Gasteiger partial charge in [-0.2, -0.15) is 0 Å². The maximum atomic E-state index is 13.9. The number of amides is 1. The normalized spacial score (nSPS) is 15.7. The van der Waals surface area contributed by atoms with Gasteiger partial charge in [-0.1, -0.05) is 41.4 Å². The molecule has 4 nitrogen and oxygen atoms in total. The lowest BCUT2D eigenvalue weighted by molar-refractivity contribution is -0.885. The zero-order valence-electron chi connectivity index (χ0n) is 15.2. The number of piperazine rings is 1. The summed E-state index contributed by atoms with van der Waals surface area (Å²) in [6, 6.07) is 12.2. The van der Waals surface area contributed by atoms with Crippen molar-refractivity contribution in [3.8, 4) is 0 Å². The van der Waals surface area contributed by atoms with Crippen molar-refractivity contribution < 1.29 is 14.1 Å². The van der Waals surface area contributed by atoms with E-state index in [2.05, 4.69) is 0 Å². The second-order valence-electron chi connectivity index (χ2n) is 6.87. The first-order valence-corrected chi connectivity index (χ1v) is 9.72. The Hall–Kier alpha value is -1.82. The summed E-state index contributed by atoms with van der Waals surface area (Å²) in [6.45, 7) is 3.50. The van der Waals surface area contributed by atoms with Crippen LogP contribution >= 0.6 is 23.2 Å². The van der Waals surface area contributed by atoms with Crippen LogP contribution in [-0.4, -0.2) is 50.6 Å². The van der Waals surface area contributed by atoms with Crippen LogP contribution in [0.1, 0.15) is 5.56 Å². The first-order valence-electron chi connectivity index (χ1n) is 8.96. The van der Waals surface area contributed by atoms with Gasteiger partial charge in [-0.15, -0.1) is 0 Å². The average Bonchev–Trinajstić information content (AvgIpc) is 2.64. The Morgan fingerprint density at radius 1 is 1.11 bits per heavy atom. The van der Waals surface area contributed by atoms with E-state index in [4.69, 9.17) is 23.2 Å². The van der Waals surface area contributed by atoms with Crippen molar-refractivity contribution in [1.29, 1.82) is 0 Å². The molecule has 1 heterocycles. The van der Waals surface area contributed by atoms with Crippen LogP contribution < -0.4 is 9.80 Å². The monoisotopic (exact) mass is 410 g/mol. The predicted molar refractivity (Wildman–Crippen MR) is 107 cm³/mol. The summed E-state index contributed by atoms with van der Waals surface area (Å²) < 4.78 is 13.9. The Labute approximate surface area is 169 Å². The molecule has 1 unspecified atom stereocenters. The third-order valence-corrected chi connectivity index (χ3v) is 5.37. The summed E-state index contributed by atoms with van der Waals surface area (Å²) in [4.78, 5) is 17.5. The van der Waals surface area contributed by atoms with Crippen molar-refractivity contribution >= 4 is 34.8 Å². The standard InChI is InChI=1S/C20H22Cl2FN3O/c1-24(13-15-6-7-16(21)12-17(15)22)14-20(27)26-10-8-25(9-11-26)19-5-3-2-4-18(19)23/h2-7,12H,8-11,13-14H2,1H3/p+1. The Kier molecular flexibility index (Phi) is 6.58. The number of hydrogen-bond acceptors (Lipinski definition) is 2. The summed E-state index contributed by atoms with van der Waals surface area (Å²) in [6.07, 6.45) is 0. The van der Waals surface area contributed by atoms with Crippen LogP contribution in [0.25, 0.3) is 0 Å². The van der Waals surface area contributed by atoms with Gasteiger partial charge in [-0.05, 0) is 24.3 Å². The molecule has 0 radical (unpaired) electrons. The largest absolute Gasteiger partial charge is 0.366 e. The van der Waals surface area contributed by atoms with Crippen molar-refractivity contribution in [2.75, 3.05) is 44.7 Å². The smallest absolute Gasteiger partial charge is 0.277 e. The molecule has 2 aromatic carbocycles. The first-order chi connectivity index (χ1) is 12.9. The highest BCUT2D eigenvalue weighted by Gasteiger charge is 2.24. The Balaban J connectivity index is 1.51. The van der Waals surface area contributed by atoms with Crippen molar-refractivity contribution in [3.05, 3.63) is 63.9 Å². The molecular weight excluding hydrogens is 388 g/mol. The van der Waals surface area contributed by atoms with Gasteiger partial charge in [-0.3, -0.25) is 4.79 Å². The van der Waals surface area contributed by atoms with Gasteiger partial charge in [0.15, 0.2) is 6.54 Å². The van der Waals surface area contributed by atoms with E-state index < -0.39 is 0 Å². The van der Waals surface area contributed by atoms with E-state index in [0.29, 0.717) is 55.0 Å². The van der Waals surface area contributed by atoms with Crippen molar-refractivity contribution in [2.24, 2.45) is 0 Å². The van der Waals surface area contributed by atoms with Gasteiger partial charge in [0.25, 0.3) is 5.91 Å². The fourth-order valence-corrected chi connectivity index (χ4v) is 3.80. The lowest BCUT2D eigenvalue weighted by Gasteiger charge is -2.36. The molecule has 144 valence electrons. The van der Waals surface area contributed by atoms with Gasteiger partial charge in [0.05, 0.1) is 17.8 Å². The highest BCUT2D eigenvalue weighted by atomic mass is 35.5. The Morgan fingerprint density at radius 2 is 1.81 bits per heavy atom. The van der Waals surface area contributed by atoms with Crippen LogP contribution in [-0.2, 0) is 11.3 Å². The number of anilines is 1. The van der Waals surface area contributed by atoms with Crippen LogP contribution in [0.5, 0.6) is 0 Å². The molecule has 1 N–H and O–H groups in total. The van der Waals surface area contributed by atoms with Crippen LogP contribution in [0.4, 0.5) is 10.1 Å². The van der Waals surface area contributed by atoms with E-state index in [9.17, 15) is 9.18 Å². The van der Waals surface area contributed by atoms with Crippen LogP contribution in [0.15, 0.2) is 42.5 Å². The number of rotatable bonds is 5. The molecule has 1 atom stereocenters. The number of benzene rings is 2. The van der Waals surface area contributed by atoms with E-state index >= 15 is 0 Å². The number of hydrogen-bond donors (Lipinski definition) is 1. The fourth-order valence-electron chi connectivity index (χ4n) is 3.33. The minimum atomic E-state index is -0.221. The number of quaternary nitrogens is 1. The molecule has 1 fully saturated rings. The number of carbonyl (C=O) groups excluding carboxylic acids is 1. The molecule has 27 heavy (non-hydrogen) atoms. The van der Waals surface area contributed by atoms with Gasteiger partial charge >= 0.3 is 0 Å². The third kappa shape index (κ3) is 5.12. The minimum Gasteiger partial charge on any atom is -0.366 e. The van der Waals surface area contributed by atoms with Crippen LogP contribution in [0.3, 0.4) is 0 Å². The first kappa shape index (κ1) is 19.9. The lowest BCUT2D eigenvalue weighted by atomic mass is 10.2. The van der Waals surface area contributed by atoms with Gasteiger partial charge in [0, 0.05) is 36.8 Å². The Morgan fingerprint density at radius 3 is 2.48 bits per heavy atom. The van der Waals surface area contributed by atoms with Gasteiger partial charge in [-0.25, -0.2) is 4.39 Å². The molecule has 1 aliphatic heterocycles. The molecule has 0 aromatic heterocycles. The number of halogens is 3. The van der Waals surface area contributed by atoms with Crippen LogP contribution in [0.2, 0.25) is 10.0 Å². The number of para-hydroxylation sites is 1. The maximum absolute atomic E-state index is 13.9. The minimum absolute atomic E-state index is 0.103. The number of likely N-dealkylation sites (N-methyl/N-ethyl adjacent to an activating group) is 1. The van der Waals surface area contributed by atoms with Gasteiger partial charge in [0.2, 0.25) is 0 Å². The topological polar surface area (TPSA) is 28.0 Å². The molecule has 0 bridgehead atoms. The highest BCUT2D eigenvalue weighted by molar-refractivity contribution is 6.35. The van der Waals surface area contributed by atoms with Crippen molar-refractivity contribution in [2.45, 2.75) is 6.54 Å². The molecular formula is C20H23Cl2FN3O+. The molecule has 1 amide bonds. The molecule has 0 spiro atoms. The molecule has 2 aromatic rings. The van der Waals surface area contributed by atoms with E-state index in [1.807, 2.05) is 29.0 Å².